The standard InChI is InChI=1S/C47H57N3O6/c1-2-3-4-9-33-24-31(12-16-34(33)26-48-29-47(42-27-49-30-50-42)23-8-22-46(41(47)28-51)20-5-6-21-46)14-18-37-35(17-13-32-15-19-38(52)40(54)25-32)36-10-7-11-39(53)43(36)45(56)44(37)55/h7,10-13,15-17,19,24-25,27,30,41,48,51-56H,2-6,8-9,14,18,20-23,26,28-29H2,1H3,(H,49,50)/b17-13+/t41-,47+/m0/s1. The molecule has 2 atom stereocenters. The van der Waals surface area contributed by atoms with Crippen LogP contribution in [0.1, 0.15) is 110 Å². The molecule has 296 valence electrons. The van der Waals surface area contributed by atoms with Gasteiger partial charge in [0.15, 0.2) is 23.0 Å². The average molecular weight is 760 g/mol. The number of unbranched alkanes of at least 4 members (excludes halogenated alkanes) is 2. The fourth-order valence-electron chi connectivity index (χ4n) is 10.2. The Morgan fingerprint density at radius 2 is 1.62 bits per heavy atom. The third-order valence-electron chi connectivity index (χ3n) is 13.1. The number of benzene rings is 4. The summed E-state index contributed by atoms with van der Waals surface area (Å²) in [6.07, 6.45) is 20.9. The molecule has 2 aliphatic rings. The Kier molecular flexibility index (Phi) is 11.9. The molecule has 56 heavy (non-hydrogen) atoms. The van der Waals surface area contributed by atoms with Crippen LogP contribution in [-0.2, 0) is 31.2 Å². The average Bonchev–Trinajstić information content (AvgIpc) is 3.91. The summed E-state index contributed by atoms with van der Waals surface area (Å²) in [5.41, 5.74) is 6.63. The number of phenolic OH excluding ortho intramolecular Hbond substituents is 5. The lowest BCUT2D eigenvalue weighted by Crippen LogP contribution is -2.55. The number of hydrogen-bond acceptors (Lipinski definition) is 8. The number of phenols is 5. The van der Waals surface area contributed by atoms with Crippen molar-refractivity contribution in [1.29, 1.82) is 0 Å². The second-order valence-corrected chi connectivity index (χ2v) is 16.3. The molecule has 8 N–H and O–H groups in total. The Labute approximate surface area is 329 Å². The predicted molar refractivity (Wildman–Crippen MR) is 222 cm³/mol. The van der Waals surface area contributed by atoms with Crippen LogP contribution in [0.25, 0.3) is 22.9 Å². The Balaban J connectivity index is 1.15. The second kappa shape index (κ2) is 17.0. The van der Waals surface area contributed by atoms with Crippen molar-refractivity contribution in [2.24, 2.45) is 11.3 Å². The van der Waals surface area contributed by atoms with Crippen LogP contribution in [0.15, 0.2) is 67.1 Å². The summed E-state index contributed by atoms with van der Waals surface area (Å²) < 4.78 is 0. The van der Waals surface area contributed by atoms with Gasteiger partial charge in [-0.3, -0.25) is 0 Å². The molecule has 2 fully saturated rings. The number of nitrogens with zero attached hydrogens (tertiary/aromatic N) is 1. The van der Waals surface area contributed by atoms with Crippen molar-refractivity contribution in [3.63, 3.8) is 0 Å². The van der Waals surface area contributed by atoms with E-state index in [1.165, 1.54) is 61.4 Å². The van der Waals surface area contributed by atoms with Crippen molar-refractivity contribution in [2.45, 2.75) is 102 Å². The van der Waals surface area contributed by atoms with Gasteiger partial charge in [0.2, 0.25) is 0 Å². The maximum Gasteiger partial charge on any atom is 0.169 e. The van der Waals surface area contributed by atoms with E-state index in [0.717, 1.165) is 56.3 Å². The first-order valence-electron chi connectivity index (χ1n) is 20.5. The molecule has 2 aliphatic carbocycles. The van der Waals surface area contributed by atoms with E-state index in [0.29, 0.717) is 41.5 Å². The summed E-state index contributed by atoms with van der Waals surface area (Å²) in [5, 5.41) is 68.7. The number of nitrogens with one attached hydrogen (secondary N) is 2. The number of H-pyrrole nitrogens is 1. The Morgan fingerprint density at radius 1 is 0.804 bits per heavy atom. The van der Waals surface area contributed by atoms with Crippen molar-refractivity contribution in [1.82, 2.24) is 15.3 Å². The fraction of sp³-hybridized carbons (Fsp3) is 0.426. The Hall–Kier alpha value is -4.99. The van der Waals surface area contributed by atoms with Crippen molar-refractivity contribution >= 4 is 22.9 Å². The van der Waals surface area contributed by atoms with Crippen molar-refractivity contribution in [3.05, 3.63) is 106 Å². The van der Waals surface area contributed by atoms with E-state index in [1.807, 2.05) is 12.3 Å². The van der Waals surface area contributed by atoms with Crippen LogP contribution < -0.4 is 5.32 Å². The minimum absolute atomic E-state index is 0.136. The van der Waals surface area contributed by atoms with E-state index in [1.54, 1.807) is 30.6 Å². The van der Waals surface area contributed by atoms with Crippen molar-refractivity contribution in [3.8, 4) is 28.7 Å². The zero-order valence-corrected chi connectivity index (χ0v) is 32.5. The van der Waals surface area contributed by atoms with Gasteiger partial charge in [0.25, 0.3) is 0 Å². The Bertz CT molecular complexity index is 2160. The van der Waals surface area contributed by atoms with Crippen LogP contribution in [-0.4, -0.2) is 53.8 Å². The Morgan fingerprint density at radius 3 is 2.38 bits per heavy atom. The number of aromatic nitrogens is 2. The number of rotatable bonds is 15. The highest BCUT2D eigenvalue weighted by atomic mass is 16.3. The minimum Gasteiger partial charge on any atom is -0.507 e. The molecule has 0 saturated heterocycles. The molecule has 1 aromatic heterocycles. The molecule has 9 nitrogen and oxygen atoms in total. The molecule has 0 bridgehead atoms. The molecule has 0 aliphatic heterocycles. The predicted octanol–water partition coefficient (Wildman–Crippen LogP) is 9.16. The molecule has 2 saturated carbocycles. The normalized spacial score (nSPS) is 19.4. The number of aromatic amines is 1. The zero-order valence-electron chi connectivity index (χ0n) is 32.5. The van der Waals surface area contributed by atoms with Crippen LogP contribution in [0.3, 0.4) is 0 Å². The number of aryl methyl sites for hydroxylation is 2. The van der Waals surface area contributed by atoms with Gasteiger partial charge in [-0.15, -0.1) is 0 Å². The summed E-state index contributed by atoms with van der Waals surface area (Å²) >= 11 is 0. The number of fused-ring (bicyclic) bond motifs is 1. The van der Waals surface area contributed by atoms with Gasteiger partial charge in [0.05, 0.1) is 11.7 Å². The topological polar surface area (TPSA) is 162 Å². The lowest BCUT2D eigenvalue weighted by Gasteiger charge is -2.53. The number of aromatic hydroxyl groups is 5. The van der Waals surface area contributed by atoms with E-state index in [9.17, 15) is 30.6 Å². The quantitative estimate of drug-likeness (QED) is 0.0298. The highest BCUT2D eigenvalue weighted by molar-refractivity contribution is 6.03. The van der Waals surface area contributed by atoms with Gasteiger partial charge < -0.3 is 40.9 Å². The third-order valence-corrected chi connectivity index (χ3v) is 13.1. The summed E-state index contributed by atoms with van der Waals surface area (Å²) in [5.74, 6) is -1.05. The first-order valence-corrected chi connectivity index (χ1v) is 20.5. The lowest BCUT2D eigenvalue weighted by molar-refractivity contribution is -0.0196. The number of aliphatic hydroxyl groups excluding tert-OH is 1. The van der Waals surface area contributed by atoms with E-state index in [4.69, 9.17) is 0 Å². The summed E-state index contributed by atoms with van der Waals surface area (Å²) in [4.78, 5) is 7.90. The number of imidazole rings is 1. The molecule has 1 heterocycles. The van der Waals surface area contributed by atoms with Crippen LogP contribution in [0.5, 0.6) is 28.7 Å². The van der Waals surface area contributed by atoms with Crippen LogP contribution in [0.2, 0.25) is 0 Å². The number of aliphatic hydroxyl groups is 1. The molecule has 0 amide bonds. The minimum atomic E-state index is -0.359. The van der Waals surface area contributed by atoms with E-state index in [2.05, 4.69) is 40.4 Å². The van der Waals surface area contributed by atoms with Gasteiger partial charge in [0.1, 0.15) is 5.75 Å². The molecule has 1 spiro atoms. The molecule has 4 aromatic carbocycles. The molecule has 9 heteroatoms. The SMILES string of the molecule is CCCCCc1cc(CCc2c(O)c(O)c3c(O)cccc3c2/C=C/c2ccc(O)c(O)c2)ccc1CNC[C@]1(c2cnc[nH]2)CCCC2(CCCC2)[C@@H]1CO. The maximum absolute atomic E-state index is 11.4. The van der Waals surface area contributed by atoms with Gasteiger partial charge in [-0.1, -0.05) is 87.6 Å². The monoisotopic (exact) mass is 759 g/mol. The molecule has 5 aromatic rings. The summed E-state index contributed by atoms with van der Waals surface area (Å²) in [6.45, 7) is 3.88. The van der Waals surface area contributed by atoms with E-state index in [-0.39, 0.29) is 57.5 Å². The largest absolute Gasteiger partial charge is 0.507 e. The van der Waals surface area contributed by atoms with Gasteiger partial charge in [-0.2, -0.15) is 0 Å². The second-order valence-electron chi connectivity index (χ2n) is 16.3. The molecule has 7 rings (SSSR count). The van der Waals surface area contributed by atoms with Crippen molar-refractivity contribution in [2.75, 3.05) is 13.2 Å². The molecular formula is C47H57N3O6. The van der Waals surface area contributed by atoms with Gasteiger partial charge in [-0.25, -0.2) is 4.98 Å². The van der Waals surface area contributed by atoms with Crippen LogP contribution in [0.4, 0.5) is 0 Å². The van der Waals surface area contributed by atoms with Crippen LogP contribution >= 0.6 is 0 Å². The highest BCUT2D eigenvalue weighted by Crippen LogP contribution is 2.59. The van der Waals surface area contributed by atoms with E-state index >= 15 is 0 Å². The third kappa shape index (κ3) is 7.71. The highest BCUT2D eigenvalue weighted by Gasteiger charge is 2.55. The molecule has 0 unspecified atom stereocenters. The van der Waals surface area contributed by atoms with Gasteiger partial charge in [-0.05, 0) is 114 Å². The maximum atomic E-state index is 11.4. The molecular weight excluding hydrogens is 703 g/mol. The van der Waals surface area contributed by atoms with Gasteiger partial charge in [0, 0.05) is 42.6 Å². The summed E-state index contributed by atoms with van der Waals surface area (Å²) in [7, 11) is 0. The van der Waals surface area contributed by atoms with Gasteiger partial charge >= 0.3 is 0 Å². The summed E-state index contributed by atoms with van der Waals surface area (Å²) in [6, 6.07) is 16.2. The first kappa shape index (κ1) is 39.3. The first-order chi connectivity index (χ1) is 27.2. The molecule has 0 radical (unpaired) electrons. The van der Waals surface area contributed by atoms with Crippen LogP contribution in [0, 0.1) is 11.3 Å². The zero-order chi connectivity index (χ0) is 39.3. The van der Waals surface area contributed by atoms with Crippen molar-refractivity contribution < 1.29 is 30.6 Å². The smallest absolute Gasteiger partial charge is 0.169 e. The lowest BCUT2D eigenvalue weighted by atomic mass is 9.53. The fourth-order valence-corrected chi connectivity index (χ4v) is 10.2. The number of hydrogen-bond donors (Lipinski definition) is 8. The van der Waals surface area contributed by atoms with E-state index < -0.39 is 0 Å².